The SMILES string of the molecule is Cc1cc2c(CN(N)/C=C(\N)CCNC(=O)COCNC(=O)CN)c3c(nc2cc1F)-c1cc(C)c(CO)c(=O)n1C3. The van der Waals surface area contributed by atoms with Gasteiger partial charge < -0.3 is 41.5 Å². The Bertz CT molecular complexity index is 1620. The van der Waals surface area contributed by atoms with Crippen molar-refractivity contribution in [3.63, 3.8) is 0 Å². The van der Waals surface area contributed by atoms with Crippen LogP contribution in [0.4, 0.5) is 4.39 Å². The number of fused-ring (bicyclic) bond motifs is 4. The van der Waals surface area contributed by atoms with Crippen LogP contribution < -0.4 is 33.5 Å². The van der Waals surface area contributed by atoms with Gasteiger partial charge >= 0.3 is 0 Å². The third-order valence-corrected chi connectivity index (χ3v) is 7.02. The highest BCUT2D eigenvalue weighted by Crippen LogP contribution is 2.37. The van der Waals surface area contributed by atoms with Gasteiger partial charge in [0.15, 0.2) is 0 Å². The lowest BCUT2D eigenvalue weighted by Gasteiger charge is -2.19. The monoisotopic (exact) mass is 582 g/mol. The molecule has 0 saturated heterocycles. The molecule has 0 fully saturated rings. The molecule has 0 atom stereocenters. The van der Waals surface area contributed by atoms with Crippen LogP contribution in [0.5, 0.6) is 0 Å². The zero-order chi connectivity index (χ0) is 30.6. The van der Waals surface area contributed by atoms with Gasteiger partial charge in [-0.1, -0.05) is 0 Å². The average Bonchev–Trinajstić information content (AvgIpc) is 3.30. The molecule has 9 N–H and O–H groups in total. The third-order valence-electron chi connectivity index (χ3n) is 7.02. The van der Waals surface area contributed by atoms with E-state index in [1.54, 1.807) is 36.7 Å². The Labute approximate surface area is 241 Å². The summed E-state index contributed by atoms with van der Waals surface area (Å²) in [6.07, 6.45) is 1.84. The molecule has 224 valence electrons. The minimum Gasteiger partial charge on any atom is -0.401 e. The highest BCUT2D eigenvalue weighted by atomic mass is 19.1. The molecule has 0 aliphatic carbocycles. The van der Waals surface area contributed by atoms with Crippen molar-refractivity contribution in [2.45, 2.75) is 40.0 Å². The lowest BCUT2D eigenvalue weighted by molar-refractivity contribution is -0.128. The zero-order valence-electron chi connectivity index (χ0n) is 23.5. The number of nitrogens with one attached hydrogen (secondary N) is 2. The van der Waals surface area contributed by atoms with Crippen molar-refractivity contribution >= 4 is 22.7 Å². The van der Waals surface area contributed by atoms with Crippen LogP contribution in [0.25, 0.3) is 22.3 Å². The molecular weight excluding hydrogens is 547 g/mol. The molecule has 1 aliphatic rings. The molecule has 1 aromatic carbocycles. The quantitative estimate of drug-likeness (QED) is 0.0557. The number of carbonyl (C=O) groups is 2. The first kappa shape index (κ1) is 30.6. The summed E-state index contributed by atoms with van der Waals surface area (Å²) in [5.41, 5.74) is 15.9. The van der Waals surface area contributed by atoms with Crippen LogP contribution in [0.3, 0.4) is 0 Å². The molecule has 2 aromatic heterocycles. The molecule has 0 saturated carbocycles. The number of hydrogen-bond donors (Lipinski definition) is 6. The maximum absolute atomic E-state index is 14.6. The van der Waals surface area contributed by atoms with Gasteiger partial charge in [0.2, 0.25) is 11.8 Å². The summed E-state index contributed by atoms with van der Waals surface area (Å²) in [5.74, 6) is 5.17. The number of aliphatic hydroxyl groups excluding tert-OH is 1. The molecule has 3 aromatic rings. The standard InChI is InChI=1S/C28H35FN8O5/c1-15-6-24-27-20(11-37(24)28(41)21(15)12-38)19(18-5-16(2)22(29)7-23(18)35-27)10-36(32)9-17(31)3-4-33-26(40)13-42-14-34-25(39)8-30/h5-7,9,38H,3-4,8,10-14,30-32H2,1-2H3,(H,33,40)(H,34,39)/b17-9-. The van der Waals surface area contributed by atoms with Gasteiger partial charge in [0.25, 0.3) is 5.56 Å². The fourth-order valence-electron chi connectivity index (χ4n) is 4.83. The number of nitrogens with two attached hydrogens (primary N) is 3. The van der Waals surface area contributed by atoms with E-state index in [0.29, 0.717) is 51.1 Å². The van der Waals surface area contributed by atoms with Gasteiger partial charge in [0.1, 0.15) is 19.2 Å². The van der Waals surface area contributed by atoms with E-state index in [4.69, 9.17) is 27.0 Å². The number of hydrazine groups is 1. The molecule has 3 heterocycles. The van der Waals surface area contributed by atoms with E-state index in [9.17, 15) is 23.9 Å². The molecule has 4 rings (SSSR count). The summed E-state index contributed by atoms with van der Waals surface area (Å²) in [6, 6.07) is 4.89. The maximum atomic E-state index is 14.6. The van der Waals surface area contributed by atoms with Crippen molar-refractivity contribution in [2.24, 2.45) is 17.3 Å². The normalized spacial score (nSPS) is 12.3. The summed E-state index contributed by atoms with van der Waals surface area (Å²) >= 11 is 0. The second-order valence-corrected chi connectivity index (χ2v) is 10.0. The summed E-state index contributed by atoms with van der Waals surface area (Å²) < 4.78 is 21.2. The number of carbonyl (C=O) groups excluding carboxylic acids is 2. The van der Waals surface area contributed by atoms with Gasteiger partial charge in [-0.3, -0.25) is 14.4 Å². The predicted octanol–water partition coefficient (Wildman–Crippen LogP) is -0.295. The highest BCUT2D eigenvalue weighted by Gasteiger charge is 2.28. The van der Waals surface area contributed by atoms with E-state index in [-0.39, 0.29) is 57.6 Å². The van der Waals surface area contributed by atoms with E-state index in [1.807, 2.05) is 0 Å². The Kier molecular flexibility index (Phi) is 9.52. The van der Waals surface area contributed by atoms with Crippen LogP contribution in [0, 0.1) is 19.7 Å². The number of rotatable bonds is 12. The second-order valence-electron chi connectivity index (χ2n) is 10.0. The Morgan fingerprint density at radius 1 is 1.19 bits per heavy atom. The van der Waals surface area contributed by atoms with Gasteiger partial charge in [0, 0.05) is 47.4 Å². The lowest BCUT2D eigenvalue weighted by Crippen LogP contribution is -2.35. The molecule has 14 heteroatoms. The fraction of sp³-hybridized carbons (Fsp3) is 0.357. The smallest absolute Gasteiger partial charge is 0.257 e. The van der Waals surface area contributed by atoms with E-state index in [1.165, 1.54) is 11.1 Å². The van der Waals surface area contributed by atoms with E-state index in [2.05, 4.69) is 10.6 Å². The number of ether oxygens (including phenoxy) is 1. The second kappa shape index (κ2) is 13.1. The molecule has 2 amide bonds. The number of aromatic nitrogens is 2. The summed E-state index contributed by atoms with van der Waals surface area (Å²) in [6.45, 7) is 3.12. The van der Waals surface area contributed by atoms with Crippen molar-refractivity contribution < 1.29 is 23.8 Å². The van der Waals surface area contributed by atoms with Crippen LogP contribution in [0.15, 0.2) is 34.9 Å². The number of benzene rings is 1. The molecule has 1 aliphatic heterocycles. The molecule has 13 nitrogen and oxygen atoms in total. The van der Waals surface area contributed by atoms with Crippen molar-refractivity contribution in [1.82, 2.24) is 25.2 Å². The van der Waals surface area contributed by atoms with Gasteiger partial charge in [0.05, 0.1) is 43.1 Å². The molecule has 0 bridgehead atoms. The minimum absolute atomic E-state index is 0.130. The van der Waals surface area contributed by atoms with Crippen LogP contribution in [0.2, 0.25) is 0 Å². The first-order valence-corrected chi connectivity index (χ1v) is 13.3. The van der Waals surface area contributed by atoms with Crippen LogP contribution in [-0.4, -0.2) is 57.9 Å². The van der Waals surface area contributed by atoms with Gasteiger partial charge in [-0.2, -0.15) is 0 Å². The summed E-state index contributed by atoms with van der Waals surface area (Å²) in [4.78, 5) is 40.8. The van der Waals surface area contributed by atoms with E-state index >= 15 is 0 Å². The number of amides is 2. The predicted molar refractivity (Wildman–Crippen MR) is 154 cm³/mol. The van der Waals surface area contributed by atoms with Crippen molar-refractivity contribution in [2.75, 3.05) is 26.4 Å². The number of pyridine rings is 2. The number of nitrogens with zero attached hydrogens (tertiary/aromatic N) is 3. The Hall–Kier alpha value is -4.37. The van der Waals surface area contributed by atoms with Crippen LogP contribution >= 0.6 is 0 Å². The largest absolute Gasteiger partial charge is 0.401 e. The maximum Gasteiger partial charge on any atom is 0.257 e. The van der Waals surface area contributed by atoms with Crippen LogP contribution in [0.1, 0.15) is 34.2 Å². The van der Waals surface area contributed by atoms with Gasteiger partial charge in [-0.25, -0.2) is 15.2 Å². The van der Waals surface area contributed by atoms with Crippen LogP contribution in [-0.2, 0) is 34.0 Å². The van der Waals surface area contributed by atoms with E-state index in [0.717, 1.165) is 11.1 Å². The number of aryl methyl sites for hydroxylation is 2. The molecule has 0 radical (unpaired) electrons. The van der Waals surface area contributed by atoms with Gasteiger partial charge in [-0.05, 0) is 42.7 Å². The first-order valence-electron chi connectivity index (χ1n) is 13.3. The zero-order valence-corrected chi connectivity index (χ0v) is 23.5. The van der Waals surface area contributed by atoms with E-state index < -0.39 is 11.7 Å². The Balaban J connectivity index is 1.51. The molecule has 0 spiro atoms. The molecule has 42 heavy (non-hydrogen) atoms. The molecular formula is C28H35FN8O5. The number of hydrogen-bond acceptors (Lipinski definition) is 10. The Morgan fingerprint density at radius 3 is 2.67 bits per heavy atom. The number of halogens is 1. The topological polar surface area (TPSA) is 204 Å². The molecule has 0 unspecified atom stereocenters. The summed E-state index contributed by atoms with van der Waals surface area (Å²) in [5, 5.41) is 16.9. The summed E-state index contributed by atoms with van der Waals surface area (Å²) in [7, 11) is 0. The van der Waals surface area contributed by atoms with Gasteiger partial charge in [-0.15, -0.1) is 0 Å². The average molecular weight is 583 g/mol. The van der Waals surface area contributed by atoms with Crippen molar-refractivity contribution in [3.8, 4) is 11.4 Å². The third kappa shape index (κ3) is 6.57. The lowest BCUT2D eigenvalue weighted by atomic mass is 9.98. The van der Waals surface area contributed by atoms with Crippen molar-refractivity contribution in [3.05, 3.63) is 74.1 Å². The minimum atomic E-state index is -0.399. The highest BCUT2D eigenvalue weighted by molar-refractivity contribution is 5.88. The van der Waals surface area contributed by atoms with Crippen molar-refractivity contribution in [1.29, 1.82) is 0 Å². The number of aliphatic hydroxyl groups is 1. The Morgan fingerprint density at radius 2 is 1.95 bits per heavy atom. The first-order chi connectivity index (χ1) is 20.0. The fourth-order valence-corrected chi connectivity index (χ4v) is 4.83.